The normalized spacial score (nSPS) is 26.3. The molecule has 0 unspecified atom stereocenters. The van der Waals surface area contributed by atoms with Gasteiger partial charge in [-0.1, -0.05) is 0 Å². The SMILES string of the molecule is SC1CN(C2=NCCSC2)C1. The molecule has 2 rings (SSSR count). The van der Waals surface area contributed by atoms with Gasteiger partial charge in [-0.15, -0.1) is 0 Å². The topological polar surface area (TPSA) is 15.6 Å². The first-order valence-electron chi connectivity index (χ1n) is 3.90. The number of rotatable bonds is 0. The van der Waals surface area contributed by atoms with Gasteiger partial charge in [-0.25, -0.2) is 0 Å². The maximum atomic E-state index is 4.47. The summed E-state index contributed by atoms with van der Waals surface area (Å²) >= 11 is 6.34. The number of thioether (sulfide) groups is 1. The van der Waals surface area contributed by atoms with Gasteiger partial charge in [0.2, 0.25) is 0 Å². The molecule has 0 amide bonds. The van der Waals surface area contributed by atoms with Crippen LogP contribution in [0.3, 0.4) is 0 Å². The van der Waals surface area contributed by atoms with E-state index in [4.69, 9.17) is 0 Å². The van der Waals surface area contributed by atoms with Crippen molar-refractivity contribution in [3.63, 3.8) is 0 Å². The molecule has 0 aromatic carbocycles. The van der Waals surface area contributed by atoms with Gasteiger partial charge in [0, 0.05) is 24.1 Å². The first kappa shape index (κ1) is 7.80. The lowest BCUT2D eigenvalue weighted by molar-refractivity contribution is 0.311. The van der Waals surface area contributed by atoms with Gasteiger partial charge in [-0.05, 0) is 0 Å². The third kappa shape index (κ3) is 1.67. The molecular weight excluding hydrogens is 176 g/mol. The van der Waals surface area contributed by atoms with Crippen molar-refractivity contribution in [1.29, 1.82) is 0 Å². The van der Waals surface area contributed by atoms with Gasteiger partial charge in [0.15, 0.2) is 0 Å². The smallest absolute Gasteiger partial charge is 0.109 e. The van der Waals surface area contributed by atoms with Crippen molar-refractivity contribution >= 4 is 30.2 Å². The van der Waals surface area contributed by atoms with Crippen molar-refractivity contribution in [2.24, 2.45) is 4.99 Å². The molecule has 0 saturated carbocycles. The molecule has 0 aromatic heterocycles. The summed E-state index contributed by atoms with van der Waals surface area (Å²) in [6.07, 6.45) is 0. The maximum absolute atomic E-state index is 4.47. The Labute approximate surface area is 76.9 Å². The summed E-state index contributed by atoms with van der Waals surface area (Å²) in [7, 11) is 0. The molecule has 2 aliphatic heterocycles. The predicted molar refractivity (Wildman–Crippen MR) is 54.0 cm³/mol. The Bertz CT molecular complexity index is 175. The molecule has 4 heteroatoms. The minimum atomic E-state index is 0.588. The summed E-state index contributed by atoms with van der Waals surface area (Å²) in [6, 6.07) is 0. The Morgan fingerprint density at radius 3 is 2.91 bits per heavy atom. The minimum Gasteiger partial charge on any atom is -0.357 e. The van der Waals surface area contributed by atoms with Gasteiger partial charge in [-0.2, -0.15) is 24.4 Å². The van der Waals surface area contributed by atoms with Crippen LogP contribution in [0.25, 0.3) is 0 Å². The standard InChI is InChI=1S/C7H12N2S2/c10-6-3-9(4-6)7-5-11-2-1-8-7/h6,10H,1-5H2. The number of aliphatic imine (C=N–C) groups is 1. The highest BCUT2D eigenvalue weighted by Crippen LogP contribution is 2.18. The summed E-state index contributed by atoms with van der Waals surface area (Å²) in [5.74, 6) is 3.61. The van der Waals surface area contributed by atoms with Crippen molar-refractivity contribution in [1.82, 2.24) is 4.90 Å². The zero-order valence-electron chi connectivity index (χ0n) is 6.36. The predicted octanol–water partition coefficient (Wildman–Crippen LogP) is 0.746. The largest absolute Gasteiger partial charge is 0.357 e. The van der Waals surface area contributed by atoms with Gasteiger partial charge >= 0.3 is 0 Å². The average molecular weight is 188 g/mol. The van der Waals surface area contributed by atoms with Crippen molar-refractivity contribution in [3.05, 3.63) is 0 Å². The van der Waals surface area contributed by atoms with Crippen LogP contribution in [0.2, 0.25) is 0 Å². The van der Waals surface area contributed by atoms with Crippen LogP contribution in [0.5, 0.6) is 0 Å². The van der Waals surface area contributed by atoms with Crippen LogP contribution in [-0.4, -0.2) is 47.1 Å². The molecule has 2 aliphatic rings. The van der Waals surface area contributed by atoms with Crippen LogP contribution in [-0.2, 0) is 0 Å². The van der Waals surface area contributed by atoms with E-state index < -0.39 is 0 Å². The van der Waals surface area contributed by atoms with Crippen LogP contribution in [0.15, 0.2) is 4.99 Å². The van der Waals surface area contributed by atoms with E-state index in [2.05, 4.69) is 22.5 Å². The molecule has 0 spiro atoms. The highest BCUT2D eigenvalue weighted by molar-refractivity contribution is 8.00. The van der Waals surface area contributed by atoms with Crippen LogP contribution < -0.4 is 0 Å². The zero-order valence-corrected chi connectivity index (χ0v) is 8.07. The van der Waals surface area contributed by atoms with E-state index in [0.717, 1.165) is 25.4 Å². The number of hydrogen-bond donors (Lipinski definition) is 1. The van der Waals surface area contributed by atoms with E-state index >= 15 is 0 Å². The molecule has 0 atom stereocenters. The molecule has 2 nitrogen and oxygen atoms in total. The van der Waals surface area contributed by atoms with Crippen molar-refractivity contribution in [2.75, 3.05) is 31.1 Å². The molecule has 0 N–H and O–H groups in total. The quantitative estimate of drug-likeness (QED) is 0.564. The van der Waals surface area contributed by atoms with E-state index in [0.29, 0.717) is 5.25 Å². The van der Waals surface area contributed by atoms with Crippen molar-refractivity contribution in [3.8, 4) is 0 Å². The number of nitrogens with zero attached hydrogens (tertiary/aromatic N) is 2. The summed E-state index contributed by atoms with van der Waals surface area (Å²) in [5.41, 5.74) is 0. The fourth-order valence-electron chi connectivity index (χ4n) is 1.31. The van der Waals surface area contributed by atoms with Crippen molar-refractivity contribution in [2.45, 2.75) is 5.25 Å². The van der Waals surface area contributed by atoms with E-state index in [9.17, 15) is 0 Å². The molecule has 0 bridgehead atoms. The Hall–Kier alpha value is 0.170. The lowest BCUT2D eigenvalue weighted by Crippen LogP contribution is -2.52. The molecule has 62 valence electrons. The Balaban J connectivity index is 1.89. The lowest BCUT2D eigenvalue weighted by Gasteiger charge is -2.39. The monoisotopic (exact) mass is 188 g/mol. The van der Waals surface area contributed by atoms with Crippen LogP contribution in [0, 0.1) is 0 Å². The van der Waals surface area contributed by atoms with Crippen LogP contribution >= 0.6 is 24.4 Å². The van der Waals surface area contributed by atoms with Crippen LogP contribution in [0.4, 0.5) is 0 Å². The second-order valence-corrected chi connectivity index (χ2v) is 4.74. The van der Waals surface area contributed by atoms with Gasteiger partial charge in [0.05, 0.1) is 12.3 Å². The van der Waals surface area contributed by atoms with E-state index in [1.165, 1.54) is 11.6 Å². The highest BCUT2D eigenvalue weighted by Gasteiger charge is 2.26. The van der Waals surface area contributed by atoms with E-state index in [1.807, 2.05) is 11.8 Å². The molecule has 0 aromatic rings. The molecule has 2 heterocycles. The molecular formula is C7H12N2S2. The average Bonchev–Trinajstić information content (AvgIpc) is 2.01. The number of likely N-dealkylation sites (tertiary alicyclic amines) is 1. The molecule has 0 radical (unpaired) electrons. The van der Waals surface area contributed by atoms with Gasteiger partial charge in [0.25, 0.3) is 0 Å². The van der Waals surface area contributed by atoms with E-state index in [-0.39, 0.29) is 0 Å². The Morgan fingerprint density at radius 2 is 2.36 bits per heavy atom. The molecule has 11 heavy (non-hydrogen) atoms. The van der Waals surface area contributed by atoms with Gasteiger partial charge < -0.3 is 4.90 Å². The fourth-order valence-corrected chi connectivity index (χ4v) is 2.52. The Kier molecular flexibility index (Phi) is 2.32. The van der Waals surface area contributed by atoms with Gasteiger partial charge in [-0.3, -0.25) is 4.99 Å². The third-order valence-corrected chi connectivity index (χ3v) is 3.25. The van der Waals surface area contributed by atoms with Gasteiger partial charge in [0.1, 0.15) is 5.84 Å². The second kappa shape index (κ2) is 3.27. The molecule has 0 aliphatic carbocycles. The molecule has 1 fully saturated rings. The summed E-state index contributed by atoms with van der Waals surface area (Å²) in [5, 5.41) is 0.588. The second-order valence-electron chi connectivity index (χ2n) is 2.91. The fraction of sp³-hybridized carbons (Fsp3) is 0.857. The number of hydrogen-bond acceptors (Lipinski definition) is 4. The zero-order chi connectivity index (χ0) is 7.68. The first-order chi connectivity index (χ1) is 5.36. The van der Waals surface area contributed by atoms with Crippen molar-refractivity contribution < 1.29 is 0 Å². The maximum Gasteiger partial charge on any atom is 0.109 e. The van der Waals surface area contributed by atoms with E-state index in [1.54, 1.807) is 0 Å². The summed E-state index contributed by atoms with van der Waals surface area (Å²) in [4.78, 5) is 6.81. The summed E-state index contributed by atoms with van der Waals surface area (Å²) < 4.78 is 0. The van der Waals surface area contributed by atoms with Crippen LogP contribution in [0.1, 0.15) is 0 Å². The first-order valence-corrected chi connectivity index (χ1v) is 5.57. The minimum absolute atomic E-state index is 0.588. The highest BCUT2D eigenvalue weighted by atomic mass is 32.2. The Morgan fingerprint density at radius 1 is 1.55 bits per heavy atom. The molecule has 1 saturated heterocycles. The summed E-state index contributed by atoms with van der Waals surface area (Å²) in [6.45, 7) is 3.21. The number of amidine groups is 1. The number of thiol groups is 1. The third-order valence-electron chi connectivity index (χ3n) is 1.99. The lowest BCUT2D eigenvalue weighted by atomic mass is 10.2.